The van der Waals surface area contributed by atoms with Gasteiger partial charge in [0.25, 0.3) is 0 Å². The fraction of sp³-hybridized carbons (Fsp3) is 0.235. The van der Waals surface area contributed by atoms with Crippen molar-refractivity contribution in [2.45, 2.75) is 19.4 Å². The minimum Gasteiger partial charge on any atom is -0.508 e. The van der Waals surface area contributed by atoms with Gasteiger partial charge in [-0.2, -0.15) is 0 Å². The van der Waals surface area contributed by atoms with Crippen molar-refractivity contribution in [3.8, 4) is 11.5 Å². The van der Waals surface area contributed by atoms with Crippen LogP contribution in [-0.2, 0) is 4.74 Å². The van der Waals surface area contributed by atoms with Crippen LogP contribution in [0.3, 0.4) is 0 Å². The molecule has 4 heteroatoms. The predicted octanol–water partition coefficient (Wildman–Crippen LogP) is 3.41. The van der Waals surface area contributed by atoms with Gasteiger partial charge in [-0.1, -0.05) is 25.1 Å². The number of carbonyl (C=O) groups is 1. The summed E-state index contributed by atoms with van der Waals surface area (Å²) in [5.74, 6) is 0.445. The molecule has 4 nitrogen and oxygen atoms in total. The second-order valence-electron chi connectivity index (χ2n) is 4.61. The van der Waals surface area contributed by atoms with Gasteiger partial charge in [-0.3, -0.25) is 0 Å². The van der Waals surface area contributed by atoms with Crippen LogP contribution in [0.5, 0.6) is 11.5 Å². The van der Waals surface area contributed by atoms with Gasteiger partial charge in [0.1, 0.15) is 24.2 Å². The van der Waals surface area contributed by atoms with Crippen LogP contribution in [0.4, 0.5) is 0 Å². The van der Waals surface area contributed by atoms with E-state index in [1.54, 1.807) is 0 Å². The first-order valence-electron chi connectivity index (χ1n) is 6.87. The molecular weight excluding hydrogens is 268 g/mol. The molecule has 1 unspecified atom stereocenters. The molecule has 1 N–H and O–H groups in total. The number of benzene rings is 2. The lowest BCUT2D eigenvalue weighted by Crippen LogP contribution is -2.24. The molecule has 0 spiro atoms. The Labute approximate surface area is 123 Å². The summed E-state index contributed by atoms with van der Waals surface area (Å²) in [5, 5.41) is 9.19. The van der Waals surface area contributed by atoms with Gasteiger partial charge in [-0.15, -0.1) is 0 Å². The molecule has 0 aromatic heterocycles. The van der Waals surface area contributed by atoms with Gasteiger partial charge in [0.2, 0.25) is 0 Å². The molecular formula is C17H18O4. The fourth-order valence-electron chi connectivity index (χ4n) is 1.78. The third-order valence-electron chi connectivity index (χ3n) is 3.00. The quantitative estimate of drug-likeness (QED) is 0.827. The molecule has 0 amide bonds. The molecule has 0 aliphatic rings. The first-order valence-corrected chi connectivity index (χ1v) is 6.87. The van der Waals surface area contributed by atoms with E-state index >= 15 is 0 Å². The maximum atomic E-state index is 11.9. The lowest BCUT2D eigenvalue weighted by molar-refractivity contribution is 0.0305. The van der Waals surface area contributed by atoms with E-state index in [9.17, 15) is 9.90 Å². The van der Waals surface area contributed by atoms with Gasteiger partial charge < -0.3 is 14.6 Å². The van der Waals surface area contributed by atoms with Crippen molar-refractivity contribution in [3.63, 3.8) is 0 Å². The number of aromatic hydroxyl groups is 1. The van der Waals surface area contributed by atoms with Crippen molar-refractivity contribution >= 4 is 5.97 Å². The molecule has 0 saturated carbocycles. The second kappa shape index (κ2) is 7.33. The number of esters is 1. The smallest absolute Gasteiger partial charge is 0.338 e. The van der Waals surface area contributed by atoms with Crippen LogP contribution in [0, 0.1) is 0 Å². The van der Waals surface area contributed by atoms with Crippen molar-refractivity contribution in [3.05, 3.63) is 60.2 Å². The summed E-state index contributed by atoms with van der Waals surface area (Å²) in [4.78, 5) is 11.9. The van der Waals surface area contributed by atoms with Gasteiger partial charge in [-0.25, -0.2) is 4.79 Å². The lowest BCUT2D eigenvalue weighted by atomic mass is 10.2. The van der Waals surface area contributed by atoms with Crippen molar-refractivity contribution < 1.29 is 19.4 Å². The van der Waals surface area contributed by atoms with E-state index in [0.29, 0.717) is 5.56 Å². The van der Waals surface area contributed by atoms with E-state index in [0.717, 1.165) is 12.2 Å². The monoisotopic (exact) mass is 286 g/mol. The minimum absolute atomic E-state index is 0.116. The standard InChI is InChI=1S/C17H18O4/c1-2-15(21-16-6-4-3-5-7-16)12-20-17(19)13-8-10-14(18)11-9-13/h3-11,15,18H,2,12H2,1H3. The van der Waals surface area contributed by atoms with E-state index < -0.39 is 5.97 Å². The third kappa shape index (κ3) is 4.53. The maximum Gasteiger partial charge on any atom is 0.338 e. The molecule has 0 radical (unpaired) electrons. The number of para-hydroxylation sites is 1. The van der Waals surface area contributed by atoms with E-state index in [2.05, 4.69) is 0 Å². The van der Waals surface area contributed by atoms with Crippen LogP contribution in [0.25, 0.3) is 0 Å². The van der Waals surface area contributed by atoms with Crippen molar-refractivity contribution in [2.75, 3.05) is 6.61 Å². The summed E-state index contributed by atoms with van der Waals surface area (Å²) < 4.78 is 11.0. The molecule has 2 aromatic rings. The Morgan fingerprint density at radius 2 is 1.76 bits per heavy atom. The highest BCUT2D eigenvalue weighted by atomic mass is 16.6. The summed E-state index contributed by atoms with van der Waals surface area (Å²) in [7, 11) is 0. The Kier molecular flexibility index (Phi) is 5.21. The molecule has 1 atom stereocenters. The molecule has 0 aliphatic carbocycles. The zero-order chi connectivity index (χ0) is 15.1. The first-order chi connectivity index (χ1) is 10.2. The third-order valence-corrected chi connectivity index (χ3v) is 3.00. The fourth-order valence-corrected chi connectivity index (χ4v) is 1.78. The Hall–Kier alpha value is -2.49. The van der Waals surface area contributed by atoms with Gasteiger partial charge in [-0.05, 0) is 42.8 Å². The highest BCUT2D eigenvalue weighted by Crippen LogP contribution is 2.14. The van der Waals surface area contributed by atoms with E-state index in [4.69, 9.17) is 9.47 Å². The van der Waals surface area contributed by atoms with Crippen molar-refractivity contribution in [1.29, 1.82) is 0 Å². The molecule has 0 saturated heterocycles. The van der Waals surface area contributed by atoms with Crippen molar-refractivity contribution in [1.82, 2.24) is 0 Å². The summed E-state index contributed by atoms with van der Waals surface area (Å²) >= 11 is 0. The molecule has 0 bridgehead atoms. The number of ether oxygens (including phenoxy) is 2. The Balaban J connectivity index is 1.88. The van der Waals surface area contributed by atoms with Gasteiger partial charge in [0.05, 0.1) is 5.56 Å². The van der Waals surface area contributed by atoms with Crippen LogP contribution in [0.1, 0.15) is 23.7 Å². The average molecular weight is 286 g/mol. The minimum atomic E-state index is -0.426. The number of rotatable bonds is 6. The van der Waals surface area contributed by atoms with E-state index in [1.807, 2.05) is 37.3 Å². The molecule has 0 heterocycles. The maximum absolute atomic E-state index is 11.9. The largest absolute Gasteiger partial charge is 0.508 e. The highest BCUT2D eigenvalue weighted by molar-refractivity contribution is 5.89. The highest BCUT2D eigenvalue weighted by Gasteiger charge is 2.13. The molecule has 110 valence electrons. The van der Waals surface area contributed by atoms with Gasteiger partial charge >= 0.3 is 5.97 Å². The lowest BCUT2D eigenvalue weighted by Gasteiger charge is -2.17. The number of hydrogen-bond acceptors (Lipinski definition) is 4. The SMILES string of the molecule is CCC(COC(=O)c1ccc(O)cc1)Oc1ccccc1. The molecule has 0 fully saturated rings. The van der Waals surface area contributed by atoms with Gasteiger partial charge in [0, 0.05) is 0 Å². The number of phenolic OH excluding ortho intramolecular Hbond substituents is 1. The summed E-state index contributed by atoms with van der Waals surface area (Å²) in [5.41, 5.74) is 0.405. The zero-order valence-corrected chi connectivity index (χ0v) is 11.9. The van der Waals surface area contributed by atoms with Crippen LogP contribution in [0.2, 0.25) is 0 Å². The number of phenols is 1. The average Bonchev–Trinajstić information content (AvgIpc) is 2.52. The van der Waals surface area contributed by atoms with Crippen molar-refractivity contribution in [2.24, 2.45) is 0 Å². The van der Waals surface area contributed by atoms with E-state index in [-0.39, 0.29) is 18.5 Å². The predicted molar refractivity (Wildman–Crippen MR) is 79.5 cm³/mol. The zero-order valence-electron chi connectivity index (χ0n) is 11.9. The normalized spacial score (nSPS) is 11.7. The van der Waals surface area contributed by atoms with Crippen LogP contribution in [-0.4, -0.2) is 23.8 Å². The first kappa shape index (κ1) is 14.9. The molecule has 2 rings (SSSR count). The molecule has 2 aromatic carbocycles. The van der Waals surface area contributed by atoms with Crippen LogP contribution >= 0.6 is 0 Å². The molecule has 21 heavy (non-hydrogen) atoms. The number of hydrogen-bond donors (Lipinski definition) is 1. The van der Waals surface area contributed by atoms with Crippen LogP contribution < -0.4 is 4.74 Å². The Bertz CT molecular complexity index is 563. The Morgan fingerprint density at radius 3 is 2.38 bits per heavy atom. The van der Waals surface area contributed by atoms with Crippen LogP contribution in [0.15, 0.2) is 54.6 Å². The Morgan fingerprint density at radius 1 is 1.10 bits per heavy atom. The number of carbonyl (C=O) groups excluding carboxylic acids is 1. The van der Waals surface area contributed by atoms with Gasteiger partial charge in [0.15, 0.2) is 0 Å². The summed E-state index contributed by atoms with van der Waals surface area (Å²) in [6.07, 6.45) is 0.547. The summed E-state index contributed by atoms with van der Waals surface area (Å²) in [6, 6.07) is 15.4. The topological polar surface area (TPSA) is 55.8 Å². The molecule has 0 aliphatic heterocycles. The second-order valence-corrected chi connectivity index (χ2v) is 4.61. The van der Waals surface area contributed by atoms with E-state index in [1.165, 1.54) is 24.3 Å². The summed E-state index contributed by atoms with van der Waals surface area (Å²) in [6.45, 7) is 2.16.